The molecule has 1 aliphatic heterocycles. The third-order valence-electron chi connectivity index (χ3n) is 7.18. The van der Waals surface area contributed by atoms with E-state index in [9.17, 15) is 4.79 Å². The Labute approximate surface area is 211 Å². The number of carbonyl (C=O) groups is 1. The normalized spacial score (nSPS) is 18.4. The number of nitrogens with one attached hydrogen (secondary N) is 2. The van der Waals surface area contributed by atoms with Crippen molar-refractivity contribution < 1.29 is 7.65 Å². The van der Waals surface area contributed by atoms with Gasteiger partial charge in [0.25, 0.3) is 0 Å². The molecule has 3 aliphatic carbocycles. The topological polar surface area (TPSA) is 92.9 Å². The van der Waals surface area contributed by atoms with Crippen LogP contribution in [0.15, 0.2) is 48.3 Å². The zero-order valence-corrected chi connectivity index (χ0v) is 21.2. The molecular weight excluding hydrogens is 434 g/mol. The van der Waals surface area contributed by atoms with Crippen LogP contribution in [-0.4, -0.2) is 15.8 Å². The van der Waals surface area contributed by atoms with Gasteiger partial charge in [-0.2, -0.15) is 0 Å². The minimum Gasteiger partial charge on any atom is -0.368 e. The Morgan fingerprint density at radius 3 is 2.69 bits per heavy atom. The first-order valence-corrected chi connectivity index (χ1v) is 12.9. The van der Waals surface area contributed by atoms with Gasteiger partial charge in [0.15, 0.2) is 5.78 Å². The predicted molar refractivity (Wildman–Crippen MR) is 149 cm³/mol. The van der Waals surface area contributed by atoms with Gasteiger partial charge in [0.2, 0.25) is 5.95 Å². The molecule has 1 saturated carbocycles. The molecule has 6 rings (SSSR count). The van der Waals surface area contributed by atoms with Crippen molar-refractivity contribution in [3.05, 3.63) is 70.7 Å². The third-order valence-corrected chi connectivity index (χ3v) is 7.18. The van der Waals surface area contributed by atoms with Gasteiger partial charge in [0, 0.05) is 38.2 Å². The van der Waals surface area contributed by atoms with Crippen LogP contribution in [0, 0.1) is 5.41 Å². The molecule has 0 unspecified atom stereocenters. The van der Waals surface area contributed by atoms with Crippen molar-refractivity contribution in [1.29, 1.82) is 0 Å². The molecule has 4 N–H and O–H groups in total. The van der Waals surface area contributed by atoms with Gasteiger partial charge in [-0.1, -0.05) is 45.4 Å². The second-order valence-electron chi connectivity index (χ2n) is 9.53. The van der Waals surface area contributed by atoms with Crippen LogP contribution in [0.3, 0.4) is 0 Å². The lowest BCUT2D eigenvalue weighted by molar-refractivity contribution is -0.128. The maximum Gasteiger partial charge on any atom is 0.220 e. The number of fused-ring (bicyclic) bond motifs is 2. The highest BCUT2D eigenvalue weighted by Gasteiger charge is 2.40. The van der Waals surface area contributed by atoms with E-state index >= 15 is 0 Å². The second-order valence-corrected chi connectivity index (χ2v) is 9.53. The molecule has 2 aromatic rings. The number of nitrogens with two attached hydrogens (primary N) is 1. The second kappa shape index (κ2) is 10.9. The molecule has 188 valence electrons. The van der Waals surface area contributed by atoms with Gasteiger partial charge in [-0.25, -0.2) is 9.97 Å². The summed E-state index contributed by atoms with van der Waals surface area (Å²) >= 11 is 0. The van der Waals surface area contributed by atoms with E-state index in [0.29, 0.717) is 11.7 Å². The van der Waals surface area contributed by atoms with Crippen LogP contribution in [0.5, 0.6) is 0 Å². The lowest BCUT2D eigenvalue weighted by Gasteiger charge is -2.37. The quantitative estimate of drug-likeness (QED) is 0.457. The molecule has 0 bridgehead atoms. The van der Waals surface area contributed by atoms with Crippen molar-refractivity contribution in [3.8, 4) is 0 Å². The van der Waals surface area contributed by atoms with Crippen LogP contribution in [0.1, 0.15) is 91.0 Å². The summed E-state index contributed by atoms with van der Waals surface area (Å²) < 4.78 is 0. The summed E-state index contributed by atoms with van der Waals surface area (Å²) in [5.41, 5.74) is 19.5. The van der Waals surface area contributed by atoms with Gasteiger partial charge >= 0.3 is 0 Å². The monoisotopic (exact) mass is 475 g/mol. The average Bonchev–Trinajstić information content (AvgIpc) is 3.31. The Balaban J connectivity index is 0.000000249. The fraction of sp³-hybridized carbons (Fsp3) is 0.414. The molecule has 0 amide bonds. The zero-order chi connectivity index (χ0) is 24.8. The van der Waals surface area contributed by atoms with E-state index in [1.807, 2.05) is 32.3 Å². The fourth-order valence-corrected chi connectivity index (χ4v) is 4.99. The number of hydrogen-bond donors (Lipinski definition) is 3. The number of Topliss-reactive ketones (excluding diaryl/α,β-unsaturated/α-hetero) is 1. The molecule has 0 saturated heterocycles. The summed E-state index contributed by atoms with van der Waals surface area (Å²) in [7, 11) is 0. The number of allylic oxidation sites excluding steroid dienone is 3. The maximum atomic E-state index is 12.0. The van der Waals surface area contributed by atoms with Crippen LogP contribution in [-0.2, 0) is 11.2 Å². The number of nitrogen functional groups attached to an aromatic ring is 1. The molecule has 1 fully saturated rings. The molecule has 6 nitrogen and oxygen atoms in total. The molecule has 6 heteroatoms. The number of ketones is 1. The van der Waals surface area contributed by atoms with Crippen molar-refractivity contribution in [2.75, 3.05) is 11.2 Å². The van der Waals surface area contributed by atoms with E-state index in [2.05, 4.69) is 58.1 Å². The third kappa shape index (κ3) is 5.31. The fourth-order valence-electron chi connectivity index (χ4n) is 4.99. The van der Waals surface area contributed by atoms with Crippen molar-refractivity contribution in [3.63, 3.8) is 0 Å². The molecule has 4 aliphatic rings. The predicted octanol–water partition coefficient (Wildman–Crippen LogP) is 6.71. The van der Waals surface area contributed by atoms with E-state index in [1.54, 1.807) is 0 Å². The molecular formula is C29H41N5O. The highest BCUT2D eigenvalue weighted by Crippen LogP contribution is 2.44. The minimum absolute atomic E-state index is 0. The Morgan fingerprint density at radius 2 is 1.97 bits per heavy atom. The SMILES string of the molecule is CC.CC1(C(=O)C2=CCCCC2)CCC1.Nc1ncc2c(n1)CC=C2c1ccc2c(c1)C=CNN2.[HH].[HH]. The standard InChI is InChI=1S/C15H13N5.C12H18O.C2H6.2H2/c16-15-17-8-12-11(2-4-14(12)19-15)9-1-3-13-10(7-9)5-6-18-20-13;1-12(8-5-9-12)11(13)10-6-3-2-4-7-10;1-2;;/h1-3,5-8,18,20H,4H2,(H2,16,17,19);6H,2-5,7-9H2,1H3;1-2H3;2*1H. The van der Waals surface area contributed by atoms with E-state index < -0.39 is 0 Å². The number of anilines is 2. The largest absolute Gasteiger partial charge is 0.368 e. The van der Waals surface area contributed by atoms with Crippen LogP contribution < -0.4 is 16.6 Å². The van der Waals surface area contributed by atoms with Crippen molar-refractivity contribution in [1.82, 2.24) is 15.4 Å². The number of nitrogens with zero attached hydrogens (tertiary/aromatic N) is 2. The van der Waals surface area contributed by atoms with Crippen LogP contribution in [0.2, 0.25) is 0 Å². The Kier molecular flexibility index (Phi) is 7.69. The zero-order valence-electron chi connectivity index (χ0n) is 21.2. The molecule has 35 heavy (non-hydrogen) atoms. The average molecular weight is 476 g/mol. The van der Waals surface area contributed by atoms with Crippen LogP contribution >= 0.6 is 0 Å². The van der Waals surface area contributed by atoms with Crippen molar-refractivity contribution in [2.45, 2.75) is 72.1 Å². The number of benzene rings is 1. The van der Waals surface area contributed by atoms with Gasteiger partial charge in [-0.3, -0.25) is 4.79 Å². The highest BCUT2D eigenvalue weighted by molar-refractivity contribution is 6.00. The van der Waals surface area contributed by atoms with Crippen molar-refractivity contribution in [2.24, 2.45) is 5.41 Å². The Morgan fingerprint density at radius 1 is 1.14 bits per heavy atom. The number of hydrogen-bond acceptors (Lipinski definition) is 6. The van der Waals surface area contributed by atoms with E-state index in [0.717, 1.165) is 60.2 Å². The molecule has 2 heterocycles. The Bertz CT molecular complexity index is 1180. The summed E-state index contributed by atoms with van der Waals surface area (Å²) in [4.78, 5) is 20.4. The lowest BCUT2D eigenvalue weighted by atomic mass is 9.65. The summed E-state index contributed by atoms with van der Waals surface area (Å²) in [6.07, 6.45) is 19.0. The van der Waals surface area contributed by atoms with E-state index in [1.165, 1.54) is 30.4 Å². The molecule has 1 aromatic heterocycles. The minimum atomic E-state index is 0. The lowest BCUT2D eigenvalue weighted by Crippen LogP contribution is -2.36. The van der Waals surface area contributed by atoms with Gasteiger partial charge in [-0.05, 0) is 73.4 Å². The highest BCUT2D eigenvalue weighted by atomic mass is 16.1. The summed E-state index contributed by atoms with van der Waals surface area (Å²) in [6, 6.07) is 6.33. The summed E-state index contributed by atoms with van der Waals surface area (Å²) in [5, 5.41) is 0. The van der Waals surface area contributed by atoms with Gasteiger partial charge in [0.1, 0.15) is 0 Å². The summed E-state index contributed by atoms with van der Waals surface area (Å²) in [5.74, 6) is 0.792. The number of carbonyl (C=O) groups excluding carboxylic acids is 1. The van der Waals surface area contributed by atoms with Crippen LogP contribution in [0.25, 0.3) is 11.6 Å². The number of aromatic nitrogens is 2. The number of hydrazine groups is 1. The van der Waals surface area contributed by atoms with E-state index in [4.69, 9.17) is 5.73 Å². The first kappa shape index (κ1) is 24.7. The molecule has 0 spiro atoms. The number of rotatable bonds is 3. The molecule has 0 radical (unpaired) electrons. The maximum absolute atomic E-state index is 12.0. The Hall–Kier alpha value is -3.41. The van der Waals surface area contributed by atoms with Gasteiger partial charge < -0.3 is 16.6 Å². The van der Waals surface area contributed by atoms with E-state index in [-0.39, 0.29) is 8.27 Å². The van der Waals surface area contributed by atoms with Crippen molar-refractivity contribution >= 4 is 29.1 Å². The molecule has 0 atom stereocenters. The first-order valence-electron chi connectivity index (χ1n) is 12.9. The molecule has 1 aromatic carbocycles. The van der Waals surface area contributed by atoms with Gasteiger partial charge in [-0.15, -0.1) is 0 Å². The summed E-state index contributed by atoms with van der Waals surface area (Å²) in [6.45, 7) is 6.13. The van der Waals surface area contributed by atoms with Crippen LogP contribution in [0.4, 0.5) is 11.6 Å². The first-order chi connectivity index (χ1) is 17.0. The van der Waals surface area contributed by atoms with Gasteiger partial charge in [0.05, 0.1) is 11.4 Å². The smallest absolute Gasteiger partial charge is 0.220 e.